The summed E-state index contributed by atoms with van der Waals surface area (Å²) in [6, 6.07) is 0.395. The third kappa shape index (κ3) is 11.7. The Morgan fingerprint density at radius 3 is 1.80 bits per heavy atom. The molecule has 0 unspecified atom stereocenters. The molecule has 0 bridgehead atoms. The van der Waals surface area contributed by atoms with Gasteiger partial charge in [0.2, 0.25) is 5.91 Å². The first kappa shape index (κ1) is 20.9. The van der Waals surface area contributed by atoms with Crippen molar-refractivity contribution in [2.75, 3.05) is 0 Å². The van der Waals surface area contributed by atoms with Gasteiger partial charge in [0.25, 0.3) is 0 Å². The molecule has 20 heavy (non-hydrogen) atoms. The van der Waals surface area contributed by atoms with Crippen LogP contribution in [-0.4, -0.2) is 17.7 Å². The van der Waals surface area contributed by atoms with E-state index in [-0.39, 0.29) is 11.7 Å². The smallest absolute Gasteiger partial charge is 0.243 e. The Morgan fingerprint density at radius 2 is 1.50 bits per heavy atom. The maximum absolute atomic E-state index is 10.9. The molecule has 1 rings (SSSR count). The van der Waals surface area contributed by atoms with Gasteiger partial charge in [-0.15, -0.1) is 0 Å². The lowest BCUT2D eigenvalue weighted by molar-refractivity contribution is -0.117. The largest absolute Gasteiger partial charge is 0.350 e. The minimum absolute atomic E-state index is 0.0328. The number of hydrogen-bond acceptors (Lipinski definition) is 2. The number of hydrogen-bond donors (Lipinski definition) is 1. The molecular formula is C17H31NO2. The van der Waals surface area contributed by atoms with Gasteiger partial charge in [-0.1, -0.05) is 33.9 Å². The average molecular weight is 281 g/mol. The van der Waals surface area contributed by atoms with E-state index in [2.05, 4.69) is 25.4 Å². The monoisotopic (exact) mass is 281 g/mol. The molecule has 116 valence electrons. The summed E-state index contributed by atoms with van der Waals surface area (Å²) >= 11 is 0. The van der Waals surface area contributed by atoms with Crippen LogP contribution in [0, 0.1) is 5.92 Å². The number of allylic oxidation sites excluding steroid dienone is 1. The van der Waals surface area contributed by atoms with Gasteiger partial charge >= 0.3 is 0 Å². The van der Waals surface area contributed by atoms with Gasteiger partial charge < -0.3 is 5.32 Å². The summed E-state index contributed by atoms with van der Waals surface area (Å²) in [6.07, 6.45) is 6.07. The van der Waals surface area contributed by atoms with Crippen molar-refractivity contribution in [2.45, 2.75) is 66.3 Å². The zero-order chi connectivity index (χ0) is 16.1. The zero-order valence-corrected chi connectivity index (χ0v) is 13.8. The fraction of sp³-hybridized carbons (Fsp3) is 0.647. The maximum Gasteiger partial charge on any atom is 0.243 e. The number of rotatable bonds is 3. The highest BCUT2D eigenvalue weighted by molar-refractivity contribution is 5.91. The second kappa shape index (κ2) is 12.6. The molecule has 1 saturated carbocycles. The lowest BCUT2D eigenvalue weighted by atomic mass is 9.87. The Balaban J connectivity index is 0. The molecule has 0 aromatic carbocycles. The third-order valence-corrected chi connectivity index (χ3v) is 3.15. The van der Waals surface area contributed by atoms with Crippen molar-refractivity contribution in [3.05, 3.63) is 24.8 Å². The highest BCUT2D eigenvalue weighted by atomic mass is 16.1. The van der Waals surface area contributed by atoms with Crippen LogP contribution in [0.15, 0.2) is 24.8 Å². The maximum atomic E-state index is 10.9. The molecule has 1 fully saturated rings. The molecule has 0 saturated heterocycles. The number of carbonyl (C=O) groups is 2. The van der Waals surface area contributed by atoms with E-state index in [0.717, 1.165) is 18.8 Å². The Morgan fingerprint density at radius 1 is 1.10 bits per heavy atom. The van der Waals surface area contributed by atoms with Crippen LogP contribution in [0.5, 0.6) is 0 Å². The van der Waals surface area contributed by atoms with Crippen molar-refractivity contribution in [2.24, 2.45) is 5.92 Å². The highest BCUT2D eigenvalue weighted by Gasteiger charge is 2.18. The number of amides is 1. The Bertz CT molecular complexity index is 301. The molecule has 3 heteroatoms. The fourth-order valence-electron chi connectivity index (χ4n) is 1.66. The van der Waals surface area contributed by atoms with Gasteiger partial charge in [-0.25, -0.2) is 0 Å². The lowest BCUT2D eigenvalue weighted by Gasteiger charge is -2.26. The first-order chi connectivity index (χ1) is 9.36. The van der Waals surface area contributed by atoms with E-state index in [1.54, 1.807) is 6.92 Å². The van der Waals surface area contributed by atoms with Gasteiger partial charge in [0.15, 0.2) is 5.78 Å². The first-order valence-electron chi connectivity index (χ1n) is 7.46. The second-order valence-corrected chi connectivity index (χ2v) is 5.01. The summed E-state index contributed by atoms with van der Waals surface area (Å²) in [5.41, 5.74) is 0.620. The number of Topliss-reactive ketones (excluding diaryl/α,β-unsaturated/α-hetero) is 1. The van der Waals surface area contributed by atoms with Crippen LogP contribution < -0.4 is 5.32 Å². The molecule has 0 spiro atoms. The molecule has 0 atom stereocenters. The summed E-state index contributed by atoms with van der Waals surface area (Å²) in [6.45, 7) is 16.3. The second-order valence-electron chi connectivity index (χ2n) is 5.01. The Kier molecular flexibility index (Phi) is 13.2. The summed E-state index contributed by atoms with van der Waals surface area (Å²) in [7, 11) is 0. The van der Waals surface area contributed by atoms with E-state index in [4.69, 9.17) is 0 Å². The normalized spacial score (nSPS) is 20.2. The van der Waals surface area contributed by atoms with Gasteiger partial charge in [0.05, 0.1) is 0 Å². The third-order valence-electron chi connectivity index (χ3n) is 3.15. The molecular weight excluding hydrogens is 250 g/mol. The van der Waals surface area contributed by atoms with E-state index in [0.29, 0.717) is 11.6 Å². The summed E-state index contributed by atoms with van der Waals surface area (Å²) in [5.74, 6) is 0.867. The van der Waals surface area contributed by atoms with Crippen LogP contribution in [0.1, 0.15) is 60.3 Å². The summed E-state index contributed by atoms with van der Waals surface area (Å²) < 4.78 is 0. The van der Waals surface area contributed by atoms with Crippen LogP contribution in [0.2, 0.25) is 0 Å². The fourth-order valence-corrected chi connectivity index (χ4v) is 1.66. The molecule has 0 radical (unpaired) electrons. The lowest BCUT2D eigenvalue weighted by Crippen LogP contribution is -2.36. The number of nitrogens with one attached hydrogen (secondary N) is 1. The number of ketones is 1. The predicted octanol–water partition coefficient (Wildman–Crippen LogP) is 4.05. The van der Waals surface area contributed by atoms with Crippen molar-refractivity contribution in [1.82, 2.24) is 5.32 Å². The zero-order valence-electron chi connectivity index (χ0n) is 13.8. The van der Waals surface area contributed by atoms with E-state index in [1.165, 1.54) is 25.8 Å². The van der Waals surface area contributed by atoms with Crippen molar-refractivity contribution >= 4 is 11.7 Å². The molecule has 0 heterocycles. The Labute approximate surface area is 124 Å². The van der Waals surface area contributed by atoms with Gasteiger partial charge in [-0.2, -0.15) is 0 Å². The molecule has 0 aliphatic heterocycles. The standard InChI is InChI=1S/C10H17NO.C5H8O.C2H6/c1-3-10(12)11-9-6-4-8(2)5-7-9;1-4(2)5(3)6;1-2/h3,8-9H,1,4-7H2,2H3,(H,11,12);1H2,2-3H3;1-2H3. The molecule has 0 aromatic rings. The van der Waals surface area contributed by atoms with E-state index in [9.17, 15) is 9.59 Å². The average Bonchev–Trinajstić information content (AvgIpc) is 2.44. The molecule has 0 aromatic heterocycles. The SMILES string of the molecule is C=C(C)C(C)=O.C=CC(=O)NC1CCC(C)CC1.CC. The van der Waals surface area contributed by atoms with E-state index in [1.807, 2.05) is 13.8 Å². The van der Waals surface area contributed by atoms with Gasteiger partial charge in [0.1, 0.15) is 0 Å². The van der Waals surface area contributed by atoms with Crippen molar-refractivity contribution < 1.29 is 9.59 Å². The van der Waals surface area contributed by atoms with Gasteiger partial charge in [-0.05, 0) is 57.1 Å². The Hall–Kier alpha value is -1.38. The molecule has 1 aliphatic carbocycles. The minimum atomic E-state index is -0.0328. The summed E-state index contributed by atoms with van der Waals surface area (Å²) in [5, 5.41) is 2.93. The quantitative estimate of drug-likeness (QED) is 0.793. The summed E-state index contributed by atoms with van der Waals surface area (Å²) in [4.78, 5) is 21.0. The predicted molar refractivity (Wildman–Crippen MR) is 86.6 cm³/mol. The molecule has 3 nitrogen and oxygen atoms in total. The van der Waals surface area contributed by atoms with E-state index < -0.39 is 0 Å². The van der Waals surface area contributed by atoms with Crippen LogP contribution >= 0.6 is 0 Å². The van der Waals surface area contributed by atoms with E-state index >= 15 is 0 Å². The van der Waals surface area contributed by atoms with Crippen LogP contribution in [0.25, 0.3) is 0 Å². The van der Waals surface area contributed by atoms with Crippen molar-refractivity contribution in [3.63, 3.8) is 0 Å². The first-order valence-corrected chi connectivity index (χ1v) is 7.46. The minimum Gasteiger partial charge on any atom is -0.350 e. The topological polar surface area (TPSA) is 46.2 Å². The van der Waals surface area contributed by atoms with Gasteiger partial charge in [-0.3, -0.25) is 9.59 Å². The molecule has 1 N–H and O–H groups in total. The van der Waals surface area contributed by atoms with Crippen molar-refractivity contribution in [1.29, 1.82) is 0 Å². The van der Waals surface area contributed by atoms with Gasteiger partial charge in [0, 0.05) is 6.04 Å². The van der Waals surface area contributed by atoms with Crippen LogP contribution in [0.4, 0.5) is 0 Å². The number of carbonyl (C=O) groups excluding carboxylic acids is 2. The van der Waals surface area contributed by atoms with Crippen molar-refractivity contribution in [3.8, 4) is 0 Å². The van der Waals surface area contributed by atoms with Crippen LogP contribution in [0.3, 0.4) is 0 Å². The molecule has 1 aliphatic rings. The van der Waals surface area contributed by atoms with Crippen LogP contribution in [-0.2, 0) is 9.59 Å². The highest BCUT2D eigenvalue weighted by Crippen LogP contribution is 2.23. The molecule has 1 amide bonds.